The fourth-order valence-corrected chi connectivity index (χ4v) is 1.60. The highest BCUT2D eigenvalue weighted by molar-refractivity contribution is 5.58. The van der Waals surface area contributed by atoms with Crippen LogP contribution in [0.15, 0.2) is 24.3 Å². The lowest BCUT2D eigenvalue weighted by Crippen LogP contribution is -2.02. The maximum atomic E-state index is 13.7. The summed E-state index contributed by atoms with van der Waals surface area (Å²) in [6, 6.07) is 6.79. The van der Waals surface area contributed by atoms with E-state index in [1.54, 1.807) is 19.2 Å². The van der Waals surface area contributed by atoms with Gasteiger partial charge in [0.2, 0.25) is 5.95 Å². The highest BCUT2D eigenvalue weighted by atomic mass is 19.1. The van der Waals surface area contributed by atoms with Gasteiger partial charge in [-0.1, -0.05) is 6.07 Å². The zero-order chi connectivity index (χ0) is 13.1. The van der Waals surface area contributed by atoms with Gasteiger partial charge in [-0.3, -0.25) is 0 Å². The van der Waals surface area contributed by atoms with Crippen molar-refractivity contribution < 1.29 is 4.39 Å². The molecule has 0 atom stereocenters. The van der Waals surface area contributed by atoms with E-state index in [-0.39, 0.29) is 5.82 Å². The first-order valence-electron chi connectivity index (χ1n) is 5.65. The number of anilines is 3. The van der Waals surface area contributed by atoms with Gasteiger partial charge in [-0.15, -0.1) is 0 Å². The van der Waals surface area contributed by atoms with E-state index in [4.69, 9.17) is 0 Å². The third kappa shape index (κ3) is 2.74. The van der Waals surface area contributed by atoms with Gasteiger partial charge in [0.05, 0.1) is 5.69 Å². The van der Waals surface area contributed by atoms with Crippen LogP contribution in [0.5, 0.6) is 0 Å². The number of hydrogen-bond acceptors (Lipinski definition) is 4. The molecule has 0 aliphatic heterocycles. The van der Waals surface area contributed by atoms with E-state index in [0.717, 1.165) is 11.3 Å². The molecule has 94 valence electrons. The number of hydrogen-bond donors (Lipinski definition) is 2. The molecular formula is C13H15FN4. The van der Waals surface area contributed by atoms with Gasteiger partial charge in [-0.25, -0.2) is 9.37 Å². The Morgan fingerprint density at radius 2 is 1.89 bits per heavy atom. The van der Waals surface area contributed by atoms with Crippen molar-refractivity contribution in [1.82, 2.24) is 9.97 Å². The quantitative estimate of drug-likeness (QED) is 0.874. The molecule has 5 heteroatoms. The van der Waals surface area contributed by atoms with E-state index in [2.05, 4.69) is 20.6 Å². The molecule has 0 aliphatic carbocycles. The van der Waals surface area contributed by atoms with Crippen molar-refractivity contribution in [2.24, 2.45) is 0 Å². The van der Waals surface area contributed by atoms with E-state index in [1.165, 1.54) is 6.07 Å². The molecule has 0 saturated carbocycles. The van der Waals surface area contributed by atoms with E-state index in [9.17, 15) is 4.39 Å². The van der Waals surface area contributed by atoms with E-state index in [1.807, 2.05) is 19.9 Å². The van der Waals surface area contributed by atoms with Crippen LogP contribution in [0, 0.1) is 19.7 Å². The van der Waals surface area contributed by atoms with Crippen molar-refractivity contribution in [2.75, 3.05) is 17.7 Å². The predicted octanol–water partition coefficient (Wildman–Crippen LogP) is 3.02. The Morgan fingerprint density at radius 3 is 2.56 bits per heavy atom. The third-order valence-electron chi connectivity index (χ3n) is 2.47. The van der Waals surface area contributed by atoms with Crippen LogP contribution in [0.25, 0.3) is 0 Å². The normalized spacial score (nSPS) is 10.2. The third-order valence-corrected chi connectivity index (χ3v) is 2.47. The van der Waals surface area contributed by atoms with Gasteiger partial charge >= 0.3 is 0 Å². The summed E-state index contributed by atoms with van der Waals surface area (Å²) in [5.74, 6) is 0.775. The minimum absolute atomic E-state index is 0.294. The largest absolute Gasteiger partial charge is 0.357 e. The van der Waals surface area contributed by atoms with Crippen LogP contribution in [-0.4, -0.2) is 17.0 Å². The van der Waals surface area contributed by atoms with Crippen molar-refractivity contribution >= 4 is 17.5 Å². The van der Waals surface area contributed by atoms with Gasteiger partial charge in [0.15, 0.2) is 0 Å². The molecule has 2 aromatic rings. The molecule has 0 bridgehead atoms. The van der Waals surface area contributed by atoms with Gasteiger partial charge in [0.1, 0.15) is 11.6 Å². The fraction of sp³-hybridized carbons (Fsp3) is 0.231. The van der Waals surface area contributed by atoms with Crippen LogP contribution < -0.4 is 10.6 Å². The zero-order valence-corrected chi connectivity index (χ0v) is 10.6. The first-order valence-corrected chi connectivity index (χ1v) is 5.65. The minimum atomic E-state index is -0.294. The first-order chi connectivity index (χ1) is 8.58. The molecule has 0 radical (unpaired) electrons. The summed E-state index contributed by atoms with van der Waals surface area (Å²) >= 11 is 0. The van der Waals surface area contributed by atoms with Gasteiger partial charge in [0, 0.05) is 18.8 Å². The molecule has 0 saturated heterocycles. The second kappa shape index (κ2) is 5.00. The van der Waals surface area contributed by atoms with Gasteiger partial charge in [0.25, 0.3) is 0 Å². The molecule has 0 aliphatic rings. The summed E-state index contributed by atoms with van der Waals surface area (Å²) < 4.78 is 13.7. The maximum Gasteiger partial charge on any atom is 0.224 e. The molecule has 1 aromatic carbocycles. The molecule has 18 heavy (non-hydrogen) atoms. The van der Waals surface area contributed by atoms with Crippen molar-refractivity contribution in [3.05, 3.63) is 41.3 Å². The Hall–Kier alpha value is -2.17. The van der Waals surface area contributed by atoms with Crippen LogP contribution in [-0.2, 0) is 0 Å². The molecule has 0 spiro atoms. The number of halogens is 1. The van der Waals surface area contributed by atoms with Crippen LogP contribution in [0.2, 0.25) is 0 Å². The highest BCUT2D eigenvalue weighted by Crippen LogP contribution is 2.20. The number of aryl methyl sites for hydroxylation is 2. The summed E-state index contributed by atoms with van der Waals surface area (Å²) in [6.45, 7) is 3.71. The summed E-state index contributed by atoms with van der Waals surface area (Å²) in [4.78, 5) is 8.39. The lowest BCUT2D eigenvalue weighted by atomic mass is 10.2. The molecule has 2 N–H and O–H groups in total. The lowest BCUT2D eigenvalue weighted by Gasteiger charge is -2.09. The predicted molar refractivity (Wildman–Crippen MR) is 70.7 cm³/mol. The van der Waals surface area contributed by atoms with Gasteiger partial charge < -0.3 is 10.6 Å². The fourth-order valence-electron chi connectivity index (χ4n) is 1.60. The average Bonchev–Trinajstić information content (AvgIpc) is 2.32. The Kier molecular flexibility index (Phi) is 3.41. The van der Waals surface area contributed by atoms with E-state index in [0.29, 0.717) is 17.5 Å². The van der Waals surface area contributed by atoms with Crippen LogP contribution >= 0.6 is 0 Å². The SMILES string of the molecule is CNc1nc(C)cc(Nc2ccc(C)cc2F)n1. The van der Waals surface area contributed by atoms with Crippen molar-refractivity contribution in [1.29, 1.82) is 0 Å². The summed E-state index contributed by atoms with van der Waals surface area (Å²) in [5, 5.41) is 5.81. The number of nitrogens with zero attached hydrogens (tertiary/aromatic N) is 2. The minimum Gasteiger partial charge on any atom is -0.357 e. The molecule has 1 heterocycles. The lowest BCUT2D eigenvalue weighted by molar-refractivity contribution is 0.630. The molecule has 4 nitrogen and oxygen atoms in total. The molecule has 0 unspecified atom stereocenters. The van der Waals surface area contributed by atoms with Crippen LogP contribution in [0.3, 0.4) is 0 Å². The molecule has 0 amide bonds. The van der Waals surface area contributed by atoms with Crippen LogP contribution in [0.1, 0.15) is 11.3 Å². The van der Waals surface area contributed by atoms with Gasteiger partial charge in [-0.05, 0) is 31.5 Å². The highest BCUT2D eigenvalue weighted by Gasteiger charge is 2.05. The topological polar surface area (TPSA) is 49.8 Å². The standard InChI is InChI=1S/C13H15FN4/c1-8-4-5-11(10(14)6-8)17-12-7-9(2)16-13(15-3)18-12/h4-7H,1-3H3,(H2,15,16,17,18). The Bertz CT molecular complexity index is 569. The number of rotatable bonds is 3. The average molecular weight is 246 g/mol. The Morgan fingerprint density at radius 1 is 1.11 bits per heavy atom. The number of nitrogens with one attached hydrogen (secondary N) is 2. The second-order valence-corrected chi connectivity index (χ2v) is 4.08. The molecule has 0 fully saturated rings. The molecular weight excluding hydrogens is 231 g/mol. The van der Waals surface area contributed by atoms with Crippen LogP contribution in [0.4, 0.5) is 21.8 Å². The Balaban J connectivity index is 2.30. The monoisotopic (exact) mass is 246 g/mol. The van der Waals surface area contributed by atoms with Crippen molar-refractivity contribution in [2.45, 2.75) is 13.8 Å². The Labute approximate surface area is 105 Å². The smallest absolute Gasteiger partial charge is 0.224 e. The van der Waals surface area contributed by atoms with Crippen molar-refractivity contribution in [3.8, 4) is 0 Å². The van der Waals surface area contributed by atoms with E-state index >= 15 is 0 Å². The summed E-state index contributed by atoms with van der Waals surface area (Å²) in [6.07, 6.45) is 0. The number of aromatic nitrogens is 2. The first kappa shape index (κ1) is 12.3. The summed E-state index contributed by atoms with van der Waals surface area (Å²) in [7, 11) is 1.74. The van der Waals surface area contributed by atoms with Gasteiger partial charge in [-0.2, -0.15) is 4.98 Å². The molecule has 2 rings (SSSR count). The van der Waals surface area contributed by atoms with Crippen molar-refractivity contribution in [3.63, 3.8) is 0 Å². The number of benzene rings is 1. The zero-order valence-electron chi connectivity index (χ0n) is 10.6. The summed E-state index contributed by atoms with van der Waals surface area (Å²) in [5.41, 5.74) is 2.10. The second-order valence-electron chi connectivity index (χ2n) is 4.08. The van der Waals surface area contributed by atoms with E-state index < -0.39 is 0 Å². The molecule has 1 aromatic heterocycles. The maximum absolute atomic E-state index is 13.7.